The van der Waals surface area contributed by atoms with Crippen molar-refractivity contribution in [2.45, 2.75) is 38.8 Å². The van der Waals surface area contributed by atoms with Crippen LogP contribution in [0.4, 0.5) is 0 Å². The van der Waals surface area contributed by atoms with E-state index in [1.54, 1.807) is 0 Å². The first-order valence-corrected chi connectivity index (χ1v) is 6.92. The van der Waals surface area contributed by atoms with Gasteiger partial charge in [-0.25, -0.2) is 0 Å². The number of nitrogens with zero attached hydrogens (tertiary/aromatic N) is 5. The van der Waals surface area contributed by atoms with E-state index in [9.17, 15) is 0 Å². The number of aryl methyl sites for hydroxylation is 2. The summed E-state index contributed by atoms with van der Waals surface area (Å²) in [5, 5.41) is 16.1. The maximum Gasteiger partial charge on any atom is 0.147 e. The van der Waals surface area contributed by atoms with Crippen LogP contribution >= 0.6 is 0 Å². The van der Waals surface area contributed by atoms with Crippen LogP contribution in [0.5, 0.6) is 0 Å². The molecule has 6 heteroatoms. The second-order valence-electron chi connectivity index (χ2n) is 5.09. The third kappa shape index (κ3) is 2.84. The molecule has 6 nitrogen and oxygen atoms in total. The van der Waals surface area contributed by atoms with Crippen molar-refractivity contribution in [1.82, 2.24) is 29.9 Å². The van der Waals surface area contributed by atoms with Gasteiger partial charge in [0, 0.05) is 26.2 Å². The van der Waals surface area contributed by atoms with E-state index in [1.165, 1.54) is 18.4 Å². The van der Waals surface area contributed by atoms with Gasteiger partial charge in [-0.1, -0.05) is 0 Å². The second kappa shape index (κ2) is 5.52. The van der Waals surface area contributed by atoms with Crippen LogP contribution in [0.2, 0.25) is 0 Å². The van der Waals surface area contributed by atoms with Crippen LogP contribution in [-0.2, 0) is 33.0 Å². The number of fused-ring (bicyclic) bond motifs is 1. The van der Waals surface area contributed by atoms with Crippen LogP contribution in [-0.4, -0.2) is 31.1 Å². The van der Waals surface area contributed by atoms with Crippen molar-refractivity contribution in [2.75, 3.05) is 6.54 Å². The Morgan fingerprint density at radius 1 is 1.32 bits per heavy atom. The van der Waals surface area contributed by atoms with E-state index in [0.717, 1.165) is 44.1 Å². The zero-order valence-corrected chi connectivity index (χ0v) is 11.3. The van der Waals surface area contributed by atoms with Crippen LogP contribution in [0, 0.1) is 0 Å². The van der Waals surface area contributed by atoms with Gasteiger partial charge in [0.2, 0.25) is 0 Å². The fourth-order valence-corrected chi connectivity index (χ4v) is 2.53. The largest absolute Gasteiger partial charge is 0.314 e. The molecular formula is C13H20N6. The van der Waals surface area contributed by atoms with E-state index in [4.69, 9.17) is 0 Å². The van der Waals surface area contributed by atoms with E-state index in [-0.39, 0.29) is 0 Å². The fraction of sp³-hybridized carbons (Fsp3) is 0.615. The molecule has 1 N–H and O–H groups in total. The Labute approximate surface area is 112 Å². The van der Waals surface area contributed by atoms with Crippen molar-refractivity contribution in [3.8, 4) is 0 Å². The predicted molar refractivity (Wildman–Crippen MR) is 71.6 cm³/mol. The second-order valence-corrected chi connectivity index (χ2v) is 5.09. The lowest BCUT2D eigenvalue weighted by atomic mass is 10.2. The molecule has 0 unspecified atom stereocenters. The van der Waals surface area contributed by atoms with Crippen LogP contribution in [0.25, 0.3) is 0 Å². The highest BCUT2D eigenvalue weighted by Crippen LogP contribution is 2.13. The summed E-state index contributed by atoms with van der Waals surface area (Å²) in [5.41, 5.74) is 1.26. The van der Waals surface area contributed by atoms with Gasteiger partial charge in [0.05, 0.1) is 12.7 Å². The summed E-state index contributed by atoms with van der Waals surface area (Å²) in [4.78, 5) is 0. The summed E-state index contributed by atoms with van der Waals surface area (Å²) in [6.07, 6.45) is 8.53. The number of nitrogens with one attached hydrogen (secondary N) is 1. The first-order valence-electron chi connectivity index (χ1n) is 6.92. The average molecular weight is 260 g/mol. The molecule has 2 aromatic rings. The monoisotopic (exact) mass is 260 g/mol. The van der Waals surface area contributed by atoms with Gasteiger partial charge in [-0.05, 0) is 31.4 Å². The van der Waals surface area contributed by atoms with Crippen molar-refractivity contribution in [3.63, 3.8) is 0 Å². The van der Waals surface area contributed by atoms with Crippen LogP contribution in [0.3, 0.4) is 0 Å². The van der Waals surface area contributed by atoms with E-state index in [2.05, 4.69) is 31.4 Å². The minimum atomic E-state index is 0.799. The maximum atomic E-state index is 4.28. The molecule has 0 bridgehead atoms. The SMILES string of the molecule is Cn1cc(CCNCc2nnc3n2CCCC3)cn1. The van der Waals surface area contributed by atoms with Gasteiger partial charge in [0.15, 0.2) is 0 Å². The summed E-state index contributed by atoms with van der Waals surface area (Å²) in [6.45, 7) is 2.81. The summed E-state index contributed by atoms with van der Waals surface area (Å²) < 4.78 is 4.10. The van der Waals surface area contributed by atoms with E-state index >= 15 is 0 Å². The lowest BCUT2D eigenvalue weighted by Gasteiger charge is -2.14. The van der Waals surface area contributed by atoms with Crippen molar-refractivity contribution in [1.29, 1.82) is 0 Å². The number of hydrogen-bond donors (Lipinski definition) is 1. The molecule has 0 radical (unpaired) electrons. The van der Waals surface area contributed by atoms with Crippen LogP contribution in [0.1, 0.15) is 30.1 Å². The molecule has 102 valence electrons. The molecule has 0 fully saturated rings. The lowest BCUT2D eigenvalue weighted by Crippen LogP contribution is -2.21. The zero-order chi connectivity index (χ0) is 13.1. The molecule has 1 aliphatic rings. The maximum absolute atomic E-state index is 4.28. The van der Waals surface area contributed by atoms with Crippen molar-refractivity contribution in [3.05, 3.63) is 29.6 Å². The quantitative estimate of drug-likeness (QED) is 0.803. The normalized spacial score (nSPS) is 14.6. The lowest BCUT2D eigenvalue weighted by molar-refractivity contribution is 0.498. The first kappa shape index (κ1) is 12.3. The Balaban J connectivity index is 1.48. The Bertz CT molecular complexity index is 541. The van der Waals surface area contributed by atoms with Gasteiger partial charge in [0.1, 0.15) is 11.6 Å². The Morgan fingerprint density at radius 2 is 2.26 bits per heavy atom. The molecular weight excluding hydrogens is 240 g/mol. The zero-order valence-electron chi connectivity index (χ0n) is 11.3. The van der Waals surface area contributed by atoms with Crippen LogP contribution < -0.4 is 5.32 Å². The Morgan fingerprint density at radius 3 is 3.11 bits per heavy atom. The fourth-order valence-electron chi connectivity index (χ4n) is 2.53. The third-order valence-electron chi connectivity index (χ3n) is 3.57. The molecule has 0 spiro atoms. The molecule has 0 aromatic carbocycles. The summed E-state index contributed by atoms with van der Waals surface area (Å²) in [6, 6.07) is 0. The minimum Gasteiger partial charge on any atom is -0.314 e. The van der Waals surface area contributed by atoms with Crippen LogP contribution in [0.15, 0.2) is 12.4 Å². The Hall–Kier alpha value is -1.69. The highest BCUT2D eigenvalue weighted by atomic mass is 15.3. The summed E-state index contributed by atoms with van der Waals surface area (Å²) in [7, 11) is 1.94. The van der Waals surface area contributed by atoms with Crippen molar-refractivity contribution < 1.29 is 0 Å². The minimum absolute atomic E-state index is 0.799. The van der Waals surface area contributed by atoms with E-state index in [0.29, 0.717) is 0 Å². The molecule has 3 heterocycles. The predicted octanol–water partition coefficient (Wildman–Crippen LogP) is 0.680. The third-order valence-corrected chi connectivity index (χ3v) is 3.57. The summed E-state index contributed by atoms with van der Waals surface area (Å²) in [5.74, 6) is 2.22. The average Bonchev–Trinajstić information content (AvgIpc) is 3.02. The van der Waals surface area contributed by atoms with Gasteiger partial charge in [-0.3, -0.25) is 4.68 Å². The highest BCUT2D eigenvalue weighted by molar-refractivity contribution is 5.04. The number of aromatic nitrogens is 5. The smallest absolute Gasteiger partial charge is 0.147 e. The van der Waals surface area contributed by atoms with E-state index in [1.807, 2.05) is 17.9 Å². The topological polar surface area (TPSA) is 60.6 Å². The number of rotatable bonds is 5. The van der Waals surface area contributed by atoms with Gasteiger partial charge < -0.3 is 9.88 Å². The van der Waals surface area contributed by atoms with Crippen molar-refractivity contribution >= 4 is 0 Å². The molecule has 0 saturated heterocycles. The van der Waals surface area contributed by atoms with Gasteiger partial charge in [-0.2, -0.15) is 5.10 Å². The van der Waals surface area contributed by atoms with Crippen molar-refractivity contribution in [2.24, 2.45) is 7.05 Å². The molecule has 1 aliphatic heterocycles. The molecule has 0 atom stereocenters. The standard InChI is InChI=1S/C13H20N6/c1-18-10-11(8-15-18)5-6-14-9-13-17-16-12-4-2-3-7-19(12)13/h8,10,14H,2-7,9H2,1H3. The number of hydrogen-bond acceptors (Lipinski definition) is 4. The van der Waals surface area contributed by atoms with E-state index < -0.39 is 0 Å². The Kier molecular flexibility index (Phi) is 3.59. The van der Waals surface area contributed by atoms with Gasteiger partial charge >= 0.3 is 0 Å². The molecule has 19 heavy (non-hydrogen) atoms. The molecule has 0 aliphatic carbocycles. The molecule has 0 saturated carbocycles. The summed E-state index contributed by atoms with van der Waals surface area (Å²) >= 11 is 0. The molecule has 2 aromatic heterocycles. The molecule has 3 rings (SSSR count). The molecule has 0 amide bonds. The first-order chi connectivity index (χ1) is 9.33. The van der Waals surface area contributed by atoms with Gasteiger partial charge in [-0.15, -0.1) is 10.2 Å². The highest BCUT2D eigenvalue weighted by Gasteiger charge is 2.14. The van der Waals surface area contributed by atoms with Gasteiger partial charge in [0.25, 0.3) is 0 Å².